The van der Waals surface area contributed by atoms with E-state index in [0.717, 1.165) is 0 Å². The minimum Gasteiger partial charge on any atom is -0.347 e. The summed E-state index contributed by atoms with van der Waals surface area (Å²) in [6.45, 7) is 3.75. The summed E-state index contributed by atoms with van der Waals surface area (Å²) in [7, 11) is 1.62. The summed E-state index contributed by atoms with van der Waals surface area (Å²) >= 11 is 0. The van der Waals surface area contributed by atoms with Gasteiger partial charge in [-0.3, -0.25) is 4.79 Å². The highest BCUT2D eigenvalue weighted by molar-refractivity contribution is 5.90. The monoisotopic (exact) mass is 169 g/mol. The number of rotatable bonds is 2. The van der Waals surface area contributed by atoms with Gasteiger partial charge in [-0.05, 0) is 24.3 Å². The van der Waals surface area contributed by atoms with Crippen molar-refractivity contribution in [3.63, 3.8) is 0 Å². The van der Waals surface area contributed by atoms with Crippen molar-refractivity contribution in [1.29, 1.82) is 0 Å². The molecule has 1 aromatic rings. The van der Waals surface area contributed by atoms with Gasteiger partial charge in [0, 0.05) is 13.1 Å². The summed E-state index contributed by atoms with van der Waals surface area (Å²) in [5.74, 6) is -0.0267. The van der Waals surface area contributed by atoms with Gasteiger partial charge in [-0.25, -0.2) is 4.68 Å². The van der Waals surface area contributed by atoms with E-state index in [9.17, 15) is 4.79 Å². The molecule has 0 unspecified atom stereocenters. The van der Waals surface area contributed by atoms with Crippen molar-refractivity contribution in [2.75, 3.05) is 0 Å². The van der Waals surface area contributed by atoms with Crippen LogP contribution in [0.2, 0.25) is 0 Å². The van der Waals surface area contributed by atoms with Gasteiger partial charge in [0.15, 0.2) is 0 Å². The molecular weight excluding hydrogens is 158 g/mol. The molecule has 0 saturated heterocycles. The minimum atomic E-state index is -0.252. The maximum absolute atomic E-state index is 11.3. The first-order valence-electron chi connectivity index (χ1n) is 3.64. The summed E-state index contributed by atoms with van der Waals surface area (Å²) < 4.78 is 1.33. The van der Waals surface area contributed by atoms with Crippen LogP contribution >= 0.6 is 0 Å². The zero-order valence-corrected chi connectivity index (χ0v) is 7.27. The van der Waals surface area contributed by atoms with E-state index >= 15 is 0 Å². The zero-order valence-electron chi connectivity index (χ0n) is 7.27. The normalized spacial score (nSPS) is 10.3. The Morgan fingerprint density at radius 2 is 2.25 bits per heavy atom. The summed E-state index contributed by atoms with van der Waals surface area (Å²) in [4.78, 5) is 11.3. The number of hydrogen-bond acceptors (Lipinski definition) is 4. The number of amides is 1. The highest BCUT2D eigenvalue weighted by Gasteiger charge is 2.12. The van der Waals surface area contributed by atoms with Crippen LogP contribution < -0.4 is 5.32 Å². The molecule has 6 nitrogen and oxygen atoms in total. The van der Waals surface area contributed by atoms with Gasteiger partial charge in [-0.1, -0.05) is 0 Å². The number of hydrogen-bond donors (Lipinski definition) is 1. The largest absolute Gasteiger partial charge is 0.347 e. The molecule has 6 heteroatoms. The first-order chi connectivity index (χ1) is 5.61. The molecule has 0 aliphatic carbocycles. The Hall–Kier alpha value is -1.46. The molecule has 0 radical (unpaired) electrons. The summed E-state index contributed by atoms with van der Waals surface area (Å²) in [5, 5.41) is 13.1. The van der Waals surface area contributed by atoms with E-state index < -0.39 is 0 Å². The van der Waals surface area contributed by atoms with Crippen molar-refractivity contribution in [2.24, 2.45) is 7.05 Å². The van der Waals surface area contributed by atoms with Crippen LogP contribution in [0.3, 0.4) is 0 Å². The number of aromatic nitrogens is 4. The van der Waals surface area contributed by atoms with E-state index in [1.54, 1.807) is 7.05 Å². The predicted octanol–water partition coefficient (Wildman–Crippen LogP) is -0.652. The second-order valence-electron chi connectivity index (χ2n) is 2.75. The van der Waals surface area contributed by atoms with Crippen molar-refractivity contribution in [2.45, 2.75) is 19.9 Å². The number of tetrazole rings is 1. The molecule has 0 aliphatic heterocycles. The van der Waals surface area contributed by atoms with Gasteiger partial charge in [0.1, 0.15) is 0 Å². The predicted molar refractivity (Wildman–Crippen MR) is 41.4 cm³/mol. The van der Waals surface area contributed by atoms with Crippen molar-refractivity contribution >= 4 is 5.91 Å². The van der Waals surface area contributed by atoms with Crippen molar-refractivity contribution in [1.82, 2.24) is 25.5 Å². The van der Waals surface area contributed by atoms with Crippen LogP contribution in [-0.2, 0) is 7.05 Å². The number of nitrogens with one attached hydrogen (secondary N) is 1. The molecule has 0 spiro atoms. The number of nitrogens with zero attached hydrogens (tertiary/aromatic N) is 4. The summed E-state index contributed by atoms with van der Waals surface area (Å²) in [6.07, 6.45) is 0. The van der Waals surface area contributed by atoms with Gasteiger partial charge < -0.3 is 5.32 Å². The maximum Gasteiger partial charge on any atom is 0.290 e. The van der Waals surface area contributed by atoms with Crippen LogP contribution in [0, 0.1) is 0 Å². The van der Waals surface area contributed by atoms with Crippen LogP contribution in [0.25, 0.3) is 0 Å². The first-order valence-corrected chi connectivity index (χ1v) is 3.64. The molecule has 0 aromatic carbocycles. The molecule has 1 rings (SSSR count). The van der Waals surface area contributed by atoms with E-state index in [0.29, 0.717) is 0 Å². The van der Waals surface area contributed by atoms with Crippen LogP contribution in [0.5, 0.6) is 0 Å². The molecule has 0 aliphatic rings. The highest BCUT2D eigenvalue weighted by atomic mass is 16.2. The number of carbonyl (C=O) groups excluding carboxylic acids is 1. The molecule has 0 atom stereocenters. The standard InChI is InChI=1S/C6H11N5O/c1-4(2)7-6(12)5-8-9-10-11(5)3/h4H,1-3H3,(H,7,12). The van der Waals surface area contributed by atoms with Gasteiger partial charge in [-0.15, -0.1) is 5.10 Å². The molecule has 1 heterocycles. The van der Waals surface area contributed by atoms with Gasteiger partial charge in [0.05, 0.1) is 0 Å². The lowest BCUT2D eigenvalue weighted by molar-refractivity contribution is 0.0928. The van der Waals surface area contributed by atoms with Crippen molar-refractivity contribution in [3.05, 3.63) is 5.82 Å². The third-order valence-corrected chi connectivity index (χ3v) is 1.24. The Bertz CT molecular complexity index is 279. The number of carbonyl (C=O) groups is 1. The number of aryl methyl sites for hydroxylation is 1. The Morgan fingerprint density at radius 1 is 1.58 bits per heavy atom. The Morgan fingerprint density at radius 3 is 2.67 bits per heavy atom. The van der Waals surface area contributed by atoms with Crippen molar-refractivity contribution in [3.8, 4) is 0 Å². The maximum atomic E-state index is 11.3. The van der Waals surface area contributed by atoms with Gasteiger partial charge in [-0.2, -0.15) is 0 Å². The molecule has 0 saturated carbocycles. The Kier molecular flexibility index (Phi) is 2.37. The molecule has 12 heavy (non-hydrogen) atoms. The van der Waals surface area contributed by atoms with Gasteiger partial charge in [0.25, 0.3) is 5.91 Å². The lowest BCUT2D eigenvalue weighted by Crippen LogP contribution is -2.32. The fourth-order valence-electron chi connectivity index (χ4n) is 0.749. The Labute approximate surface area is 70.0 Å². The molecule has 0 bridgehead atoms. The molecule has 1 amide bonds. The van der Waals surface area contributed by atoms with E-state index in [1.165, 1.54) is 4.68 Å². The molecular formula is C6H11N5O. The summed E-state index contributed by atoms with van der Waals surface area (Å²) in [6, 6.07) is 0.0919. The molecule has 66 valence electrons. The van der Waals surface area contributed by atoms with E-state index in [4.69, 9.17) is 0 Å². The third-order valence-electron chi connectivity index (χ3n) is 1.24. The SMILES string of the molecule is CC(C)NC(=O)c1nnnn1C. The fraction of sp³-hybridized carbons (Fsp3) is 0.667. The average Bonchev–Trinajstić information content (AvgIpc) is 2.33. The highest BCUT2D eigenvalue weighted by Crippen LogP contribution is 1.89. The molecule has 1 aromatic heterocycles. The van der Waals surface area contributed by atoms with E-state index in [1.807, 2.05) is 13.8 Å². The minimum absolute atomic E-state index is 0.0919. The summed E-state index contributed by atoms with van der Waals surface area (Å²) in [5.41, 5.74) is 0. The third kappa shape index (κ3) is 1.77. The smallest absolute Gasteiger partial charge is 0.290 e. The van der Waals surface area contributed by atoms with Gasteiger partial charge in [0.2, 0.25) is 5.82 Å². The zero-order chi connectivity index (χ0) is 9.14. The topological polar surface area (TPSA) is 72.7 Å². The Balaban J connectivity index is 2.72. The second kappa shape index (κ2) is 3.29. The second-order valence-corrected chi connectivity index (χ2v) is 2.75. The quantitative estimate of drug-likeness (QED) is 0.638. The van der Waals surface area contributed by atoms with Crippen molar-refractivity contribution < 1.29 is 4.79 Å². The van der Waals surface area contributed by atoms with E-state index in [2.05, 4.69) is 20.8 Å². The van der Waals surface area contributed by atoms with Crippen LogP contribution in [0.4, 0.5) is 0 Å². The lowest BCUT2D eigenvalue weighted by atomic mass is 10.4. The average molecular weight is 169 g/mol. The van der Waals surface area contributed by atoms with Crippen LogP contribution in [0.15, 0.2) is 0 Å². The molecule has 0 fully saturated rings. The lowest BCUT2D eigenvalue weighted by Gasteiger charge is -2.05. The van der Waals surface area contributed by atoms with Crippen LogP contribution in [-0.4, -0.2) is 32.2 Å². The van der Waals surface area contributed by atoms with Gasteiger partial charge >= 0.3 is 0 Å². The van der Waals surface area contributed by atoms with Crippen LogP contribution in [0.1, 0.15) is 24.5 Å². The van der Waals surface area contributed by atoms with E-state index in [-0.39, 0.29) is 17.8 Å². The fourth-order valence-corrected chi connectivity index (χ4v) is 0.749. The molecule has 1 N–H and O–H groups in total. The first kappa shape index (κ1) is 8.63.